The summed E-state index contributed by atoms with van der Waals surface area (Å²) in [4.78, 5) is 29.9. The van der Waals surface area contributed by atoms with E-state index in [1.807, 2.05) is 32.9 Å². The van der Waals surface area contributed by atoms with Crippen molar-refractivity contribution in [2.24, 2.45) is 34.1 Å². The predicted molar refractivity (Wildman–Crippen MR) is 124 cm³/mol. The van der Waals surface area contributed by atoms with Crippen molar-refractivity contribution in [3.8, 4) is 5.82 Å². The molecule has 4 fully saturated rings. The van der Waals surface area contributed by atoms with Crippen LogP contribution in [0.2, 0.25) is 0 Å². The third-order valence-electron chi connectivity index (χ3n) is 8.49. The van der Waals surface area contributed by atoms with Crippen molar-refractivity contribution >= 4 is 23.7 Å². The molecule has 1 N–H and O–H groups in total. The van der Waals surface area contributed by atoms with Gasteiger partial charge < -0.3 is 5.32 Å². The Labute approximate surface area is 193 Å². The van der Waals surface area contributed by atoms with Crippen molar-refractivity contribution in [1.82, 2.24) is 24.9 Å². The highest BCUT2D eigenvalue weighted by Gasteiger charge is 2.76. The molecule has 172 valence electrons. The van der Waals surface area contributed by atoms with Crippen molar-refractivity contribution in [3.05, 3.63) is 36.3 Å². The van der Waals surface area contributed by atoms with E-state index in [9.17, 15) is 9.59 Å². The Kier molecular flexibility index (Phi) is 4.35. The van der Waals surface area contributed by atoms with Gasteiger partial charge in [0.1, 0.15) is 5.56 Å². The minimum atomic E-state index is -0.562. The fraction of sp³-hybridized carbons (Fsp3) is 0.560. The molecule has 5 atom stereocenters. The number of aliphatic imine (C=N–C) groups is 1. The Morgan fingerprint density at radius 2 is 2.09 bits per heavy atom. The van der Waals surface area contributed by atoms with Crippen molar-refractivity contribution in [2.75, 3.05) is 0 Å². The van der Waals surface area contributed by atoms with Gasteiger partial charge in [0.05, 0.1) is 11.7 Å². The zero-order valence-corrected chi connectivity index (χ0v) is 19.4. The third kappa shape index (κ3) is 2.92. The lowest BCUT2D eigenvalue weighted by Gasteiger charge is -2.66. The lowest BCUT2D eigenvalue weighted by molar-refractivity contribution is -0.121. The molecule has 4 aliphatic rings. The molecule has 2 aromatic rings. The molecule has 8 heteroatoms. The average molecular weight is 447 g/mol. The maximum Gasteiger partial charge on any atom is 0.282 e. The minimum absolute atomic E-state index is 0.0266. The second kappa shape index (κ2) is 6.98. The summed E-state index contributed by atoms with van der Waals surface area (Å²) in [6.45, 7) is 5.65. The molecule has 2 aromatic heterocycles. The van der Waals surface area contributed by atoms with Gasteiger partial charge in [0, 0.05) is 42.6 Å². The summed E-state index contributed by atoms with van der Waals surface area (Å²) < 4.78 is 3.26. The van der Waals surface area contributed by atoms with Crippen LogP contribution in [0.15, 0.2) is 35.7 Å². The van der Waals surface area contributed by atoms with Gasteiger partial charge in [-0.3, -0.25) is 9.59 Å². The number of carbonyl (C=O) groups excluding carboxylic acids is 2. The van der Waals surface area contributed by atoms with E-state index in [4.69, 9.17) is 0 Å². The Balaban J connectivity index is 1.30. The second-order valence-corrected chi connectivity index (χ2v) is 10.7. The molecule has 0 aromatic carbocycles. The van der Waals surface area contributed by atoms with Gasteiger partial charge in [0.15, 0.2) is 5.82 Å². The number of amides is 2. The third-order valence-corrected chi connectivity index (χ3v) is 8.49. The number of nitrogens with one attached hydrogen (secondary N) is 1. The monoisotopic (exact) mass is 446 g/mol. The van der Waals surface area contributed by atoms with Crippen LogP contribution in [0, 0.1) is 29.1 Å². The maximum absolute atomic E-state index is 13.4. The van der Waals surface area contributed by atoms with Gasteiger partial charge in [-0.05, 0) is 68.9 Å². The van der Waals surface area contributed by atoms with Crippen LogP contribution in [0.5, 0.6) is 0 Å². The predicted octanol–water partition coefficient (Wildman–Crippen LogP) is 3.49. The van der Waals surface area contributed by atoms with E-state index in [2.05, 4.69) is 20.5 Å². The molecule has 33 heavy (non-hydrogen) atoms. The normalized spacial score (nSPS) is 32.6. The summed E-state index contributed by atoms with van der Waals surface area (Å²) in [5.74, 6) is 3.05. The first kappa shape index (κ1) is 20.6. The van der Waals surface area contributed by atoms with Crippen LogP contribution in [0.25, 0.3) is 12.0 Å². The SMILES string of the molecule is CCC(=O)NC(C)(C)/C=C/n1ncc(C(=O)N=C2C3CC4CC5CC2C53C4)c1-n1cccn1. The molecule has 2 amide bonds. The molecule has 1 spiro atoms. The van der Waals surface area contributed by atoms with Gasteiger partial charge in [0.2, 0.25) is 5.91 Å². The van der Waals surface area contributed by atoms with E-state index in [-0.39, 0.29) is 11.8 Å². The number of carbonyl (C=O) groups is 2. The summed E-state index contributed by atoms with van der Waals surface area (Å²) in [7, 11) is 0. The largest absolute Gasteiger partial charge is 0.348 e. The Morgan fingerprint density at radius 1 is 1.27 bits per heavy atom. The molecule has 0 saturated heterocycles. The Morgan fingerprint density at radius 3 is 2.82 bits per heavy atom. The number of hydrogen-bond acceptors (Lipinski definition) is 4. The fourth-order valence-corrected chi connectivity index (χ4v) is 7.12. The number of hydrogen-bond donors (Lipinski definition) is 1. The highest BCUT2D eigenvalue weighted by atomic mass is 16.2. The maximum atomic E-state index is 13.4. The van der Waals surface area contributed by atoms with Crippen LogP contribution in [-0.4, -0.2) is 42.6 Å². The average Bonchev–Trinajstić information content (AvgIpc) is 3.53. The van der Waals surface area contributed by atoms with Crippen molar-refractivity contribution < 1.29 is 9.59 Å². The lowest BCUT2D eigenvalue weighted by atomic mass is 9.37. The van der Waals surface area contributed by atoms with Gasteiger partial charge in [0.25, 0.3) is 5.91 Å². The van der Waals surface area contributed by atoms with E-state index < -0.39 is 5.54 Å². The van der Waals surface area contributed by atoms with E-state index in [0.717, 1.165) is 17.5 Å². The smallest absolute Gasteiger partial charge is 0.282 e. The van der Waals surface area contributed by atoms with Crippen LogP contribution < -0.4 is 5.32 Å². The van der Waals surface area contributed by atoms with E-state index in [0.29, 0.717) is 35.1 Å². The highest BCUT2D eigenvalue weighted by molar-refractivity contribution is 6.10. The first-order chi connectivity index (χ1) is 15.8. The highest BCUT2D eigenvalue weighted by Crippen LogP contribution is 2.79. The Bertz CT molecular complexity index is 1190. The molecule has 5 unspecified atom stereocenters. The lowest BCUT2D eigenvalue weighted by Crippen LogP contribution is -2.66. The van der Waals surface area contributed by atoms with E-state index in [1.165, 1.54) is 25.7 Å². The molecule has 2 heterocycles. The van der Waals surface area contributed by atoms with Gasteiger partial charge in [-0.25, -0.2) is 14.4 Å². The van der Waals surface area contributed by atoms with Crippen LogP contribution in [0.3, 0.4) is 0 Å². The first-order valence-electron chi connectivity index (χ1n) is 12.0. The van der Waals surface area contributed by atoms with Crippen LogP contribution in [0.4, 0.5) is 0 Å². The van der Waals surface area contributed by atoms with E-state index in [1.54, 1.807) is 34.2 Å². The molecule has 4 saturated carbocycles. The van der Waals surface area contributed by atoms with Crippen molar-refractivity contribution in [2.45, 2.75) is 58.4 Å². The number of fused-ring (bicyclic) bond motifs is 1. The number of nitrogens with zero attached hydrogens (tertiary/aromatic N) is 5. The van der Waals surface area contributed by atoms with Gasteiger partial charge in [-0.1, -0.05) is 6.92 Å². The Hall–Kier alpha value is -3.03. The zero-order valence-electron chi connectivity index (χ0n) is 19.4. The standard InChI is InChI=1S/C25H30N6O2/c1-4-20(32)29-24(2,3)6-9-31-23(30-8-5-7-26-30)17(14-27-31)22(33)28-21-18-11-15-10-16-12-19(21)25(16,18)13-15/h5-9,14-16,18-19H,4,10-13H2,1-3H3,(H,29,32)/b9-6+,28-21?. The molecular formula is C25H30N6O2. The van der Waals surface area contributed by atoms with Crippen LogP contribution in [-0.2, 0) is 4.79 Å². The molecule has 0 aliphatic heterocycles. The molecule has 0 radical (unpaired) electrons. The molecule has 4 aliphatic carbocycles. The number of rotatable bonds is 6. The van der Waals surface area contributed by atoms with Gasteiger partial charge >= 0.3 is 0 Å². The molecule has 2 bridgehead atoms. The fourth-order valence-electron chi connectivity index (χ4n) is 7.12. The second-order valence-electron chi connectivity index (χ2n) is 10.7. The topological polar surface area (TPSA) is 94.2 Å². The summed E-state index contributed by atoms with van der Waals surface area (Å²) in [6, 6.07) is 1.81. The van der Waals surface area contributed by atoms with Crippen molar-refractivity contribution in [3.63, 3.8) is 0 Å². The summed E-state index contributed by atoms with van der Waals surface area (Å²) in [5, 5.41) is 11.8. The minimum Gasteiger partial charge on any atom is -0.348 e. The van der Waals surface area contributed by atoms with Crippen molar-refractivity contribution in [1.29, 1.82) is 0 Å². The summed E-state index contributed by atoms with van der Waals surface area (Å²) in [6.07, 6.45) is 14.3. The molecule has 8 nitrogen and oxygen atoms in total. The van der Waals surface area contributed by atoms with E-state index >= 15 is 0 Å². The van der Waals surface area contributed by atoms with Crippen LogP contribution in [0.1, 0.15) is 63.2 Å². The summed E-state index contributed by atoms with van der Waals surface area (Å²) >= 11 is 0. The first-order valence-corrected chi connectivity index (χ1v) is 12.0. The molecule has 6 rings (SSSR count). The van der Waals surface area contributed by atoms with Crippen LogP contribution >= 0.6 is 0 Å². The quantitative estimate of drug-likeness (QED) is 0.735. The zero-order chi connectivity index (χ0) is 23.0. The van der Waals surface area contributed by atoms with Gasteiger partial charge in [-0.2, -0.15) is 10.2 Å². The van der Waals surface area contributed by atoms with Gasteiger partial charge in [-0.15, -0.1) is 0 Å². The molecular weight excluding hydrogens is 416 g/mol. The summed E-state index contributed by atoms with van der Waals surface area (Å²) in [5.41, 5.74) is 1.51. The number of aromatic nitrogens is 4.